The maximum Gasteiger partial charge on any atom is 0.320 e. The van der Waals surface area contributed by atoms with Crippen molar-refractivity contribution in [2.24, 2.45) is 0 Å². The van der Waals surface area contributed by atoms with Crippen LogP contribution < -0.4 is 0 Å². The predicted octanol–water partition coefficient (Wildman–Crippen LogP) is 2.21. The highest BCUT2D eigenvalue weighted by Gasteiger charge is 2.30. The van der Waals surface area contributed by atoms with Crippen LogP contribution >= 0.6 is 11.8 Å². The fourth-order valence-corrected chi connectivity index (χ4v) is 4.10. The molecule has 0 spiro atoms. The lowest BCUT2D eigenvalue weighted by atomic mass is 9.96. The van der Waals surface area contributed by atoms with Gasteiger partial charge in [-0.2, -0.15) is 0 Å². The van der Waals surface area contributed by atoms with Crippen molar-refractivity contribution in [2.45, 2.75) is 43.8 Å². The summed E-state index contributed by atoms with van der Waals surface area (Å²) in [5, 5.41) is 9.76. The maximum absolute atomic E-state index is 12.6. The van der Waals surface area contributed by atoms with Crippen LogP contribution in [0.2, 0.25) is 0 Å². The number of carbonyl (C=O) groups is 1. The monoisotopic (exact) mass is 353 g/mol. The average Bonchev–Trinajstić information content (AvgIpc) is 3.06. The number of nitrogens with zero attached hydrogens (tertiary/aromatic N) is 5. The Balaban J connectivity index is 1.63. The largest absolute Gasteiger partial charge is 0.378 e. The molecule has 1 aromatic heterocycles. The molecule has 7 nitrogen and oxygen atoms in total. The highest BCUT2D eigenvalue weighted by molar-refractivity contribution is 7.98. The summed E-state index contributed by atoms with van der Waals surface area (Å²) in [6.45, 7) is 8.64. The molecule has 0 unspecified atom stereocenters. The van der Waals surface area contributed by atoms with Gasteiger partial charge < -0.3 is 19.1 Å². The third kappa shape index (κ3) is 3.54. The quantitative estimate of drug-likeness (QED) is 0.780. The maximum atomic E-state index is 12.6. The molecule has 134 valence electrons. The third-order valence-electron chi connectivity index (χ3n) is 4.80. The van der Waals surface area contributed by atoms with Crippen LogP contribution in [-0.2, 0) is 4.74 Å². The Bertz CT molecular complexity index is 563. The Labute approximate surface area is 147 Å². The number of amides is 2. The number of hydrogen-bond acceptors (Lipinski definition) is 5. The van der Waals surface area contributed by atoms with Gasteiger partial charge in [0.15, 0.2) is 5.16 Å². The van der Waals surface area contributed by atoms with Crippen molar-refractivity contribution in [3.63, 3.8) is 0 Å². The molecule has 0 N–H and O–H groups in total. The molecule has 8 heteroatoms. The van der Waals surface area contributed by atoms with E-state index in [1.54, 1.807) is 11.8 Å². The van der Waals surface area contributed by atoms with Crippen LogP contribution in [0.15, 0.2) is 5.16 Å². The topological polar surface area (TPSA) is 63.5 Å². The van der Waals surface area contributed by atoms with E-state index in [0.717, 1.165) is 36.9 Å². The third-order valence-corrected chi connectivity index (χ3v) is 5.45. The second kappa shape index (κ2) is 7.74. The summed E-state index contributed by atoms with van der Waals surface area (Å²) in [4.78, 5) is 16.5. The Morgan fingerprint density at radius 1 is 1.12 bits per heavy atom. The van der Waals surface area contributed by atoms with Crippen molar-refractivity contribution in [3.8, 4) is 0 Å². The molecule has 0 aliphatic carbocycles. The van der Waals surface area contributed by atoms with Gasteiger partial charge in [0.05, 0.1) is 13.2 Å². The molecule has 0 aromatic carbocycles. The van der Waals surface area contributed by atoms with E-state index in [0.29, 0.717) is 38.3 Å². The van der Waals surface area contributed by atoms with Gasteiger partial charge in [0.25, 0.3) is 0 Å². The van der Waals surface area contributed by atoms with E-state index in [1.807, 2.05) is 16.1 Å². The molecule has 2 aliphatic rings. The summed E-state index contributed by atoms with van der Waals surface area (Å²) in [5.41, 5.74) is 0. The fourth-order valence-electron chi connectivity index (χ4n) is 3.47. The van der Waals surface area contributed by atoms with Crippen LogP contribution in [0.1, 0.15) is 44.5 Å². The molecule has 0 bridgehead atoms. The second-order valence-electron chi connectivity index (χ2n) is 6.65. The van der Waals surface area contributed by atoms with Crippen LogP contribution in [0.3, 0.4) is 0 Å². The average molecular weight is 353 g/mol. The van der Waals surface area contributed by atoms with Crippen molar-refractivity contribution in [2.75, 3.05) is 45.6 Å². The normalized spacial score (nSPS) is 20.0. The standard InChI is InChI=1S/C16H27N5O2S/c1-12(2)21-14(17-18-15(21)24-3)13-4-6-19(7-5-13)16(22)20-8-10-23-11-9-20/h12-13H,4-11H2,1-3H3. The molecule has 0 atom stereocenters. The van der Waals surface area contributed by atoms with E-state index in [2.05, 4.69) is 28.6 Å². The number of urea groups is 1. The number of carbonyl (C=O) groups excluding carboxylic acids is 1. The smallest absolute Gasteiger partial charge is 0.320 e. The zero-order chi connectivity index (χ0) is 17.1. The molecular weight excluding hydrogens is 326 g/mol. The molecule has 24 heavy (non-hydrogen) atoms. The molecule has 2 saturated heterocycles. The van der Waals surface area contributed by atoms with E-state index in [9.17, 15) is 4.79 Å². The number of morpholine rings is 1. The van der Waals surface area contributed by atoms with Crippen molar-refractivity contribution < 1.29 is 9.53 Å². The number of ether oxygens (including phenoxy) is 1. The van der Waals surface area contributed by atoms with Gasteiger partial charge in [-0.3, -0.25) is 0 Å². The summed E-state index contributed by atoms with van der Waals surface area (Å²) in [6, 6.07) is 0.511. The number of rotatable bonds is 3. The summed E-state index contributed by atoms with van der Waals surface area (Å²) in [5.74, 6) is 1.46. The minimum atomic E-state index is 0.159. The van der Waals surface area contributed by atoms with E-state index < -0.39 is 0 Å². The van der Waals surface area contributed by atoms with E-state index in [-0.39, 0.29) is 6.03 Å². The van der Waals surface area contributed by atoms with Gasteiger partial charge in [-0.1, -0.05) is 11.8 Å². The molecule has 2 aliphatic heterocycles. The van der Waals surface area contributed by atoms with Crippen molar-refractivity contribution >= 4 is 17.8 Å². The molecule has 3 heterocycles. The second-order valence-corrected chi connectivity index (χ2v) is 7.43. The Morgan fingerprint density at radius 2 is 1.75 bits per heavy atom. The van der Waals surface area contributed by atoms with Gasteiger partial charge in [-0.25, -0.2) is 4.79 Å². The van der Waals surface area contributed by atoms with Gasteiger partial charge >= 0.3 is 6.03 Å². The Hall–Kier alpha value is -1.28. The SMILES string of the molecule is CSc1nnc(C2CCN(C(=O)N3CCOCC3)CC2)n1C(C)C. The van der Waals surface area contributed by atoms with Crippen molar-refractivity contribution in [1.29, 1.82) is 0 Å². The minimum absolute atomic E-state index is 0.159. The lowest BCUT2D eigenvalue weighted by Crippen LogP contribution is -2.50. The summed E-state index contributed by atoms with van der Waals surface area (Å²) < 4.78 is 7.57. The van der Waals surface area contributed by atoms with Crippen LogP contribution in [-0.4, -0.2) is 76.2 Å². The van der Waals surface area contributed by atoms with Gasteiger partial charge in [-0.15, -0.1) is 10.2 Å². The van der Waals surface area contributed by atoms with Crippen LogP contribution in [0.25, 0.3) is 0 Å². The van der Waals surface area contributed by atoms with Gasteiger partial charge in [0.2, 0.25) is 0 Å². The predicted molar refractivity (Wildman–Crippen MR) is 93.5 cm³/mol. The van der Waals surface area contributed by atoms with E-state index >= 15 is 0 Å². The molecule has 0 radical (unpaired) electrons. The highest BCUT2D eigenvalue weighted by atomic mass is 32.2. The first-order valence-electron chi connectivity index (χ1n) is 8.72. The Morgan fingerprint density at radius 3 is 2.33 bits per heavy atom. The van der Waals surface area contributed by atoms with Crippen LogP contribution in [0, 0.1) is 0 Å². The summed E-state index contributed by atoms with van der Waals surface area (Å²) in [6.07, 6.45) is 3.95. The number of piperidine rings is 1. The molecule has 2 fully saturated rings. The highest BCUT2D eigenvalue weighted by Crippen LogP contribution is 2.31. The lowest BCUT2D eigenvalue weighted by molar-refractivity contribution is 0.0410. The minimum Gasteiger partial charge on any atom is -0.378 e. The fraction of sp³-hybridized carbons (Fsp3) is 0.812. The lowest BCUT2D eigenvalue weighted by Gasteiger charge is -2.37. The van der Waals surface area contributed by atoms with Gasteiger partial charge in [0.1, 0.15) is 5.82 Å². The molecular formula is C16H27N5O2S. The first-order valence-corrected chi connectivity index (χ1v) is 9.94. The van der Waals surface area contributed by atoms with Gasteiger partial charge in [-0.05, 0) is 32.9 Å². The molecule has 2 amide bonds. The van der Waals surface area contributed by atoms with E-state index in [4.69, 9.17) is 4.74 Å². The molecule has 1 aromatic rings. The first-order chi connectivity index (χ1) is 11.6. The number of aromatic nitrogens is 3. The molecule has 0 saturated carbocycles. The first kappa shape index (κ1) is 17.5. The summed E-state index contributed by atoms with van der Waals surface area (Å²) in [7, 11) is 0. The van der Waals surface area contributed by atoms with Crippen molar-refractivity contribution in [1.82, 2.24) is 24.6 Å². The Kier molecular flexibility index (Phi) is 5.65. The zero-order valence-corrected chi connectivity index (χ0v) is 15.6. The van der Waals surface area contributed by atoms with Crippen LogP contribution in [0.4, 0.5) is 4.79 Å². The zero-order valence-electron chi connectivity index (χ0n) is 14.8. The number of likely N-dealkylation sites (tertiary alicyclic amines) is 1. The summed E-state index contributed by atoms with van der Waals surface area (Å²) >= 11 is 1.64. The number of thioether (sulfide) groups is 1. The van der Waals surface area contributed by atoms with Crippen LogP contribution in [0.5, 0.6) is 0 Å². The van der Waals surface area contributed by atoms with Crippen molar-refractivity contribution in [3.05, 3.63) is 5.82 Å². The molecule has 3 rings (SSSR count). The number of hydrogen-bond donors (Lipinski definition) is 0. The van der Waals surface area contributed by atoms with Gasteiger partial charge in [0, 0.05) is 38.1 Å². The van der Waals surface area contributed by atoms with E-state index in [1.165, 1.54) is 0 Å².